The molecule has 0 atom stereocenters. The minimum Gasteiger partial charge on any atom is -0.366 e. The van der Waals surface area contributed by atoms with E-state index in [1.807, 2.05) is 10.9 Å². The van der Waals surface area contributed by atoms with Crippen LogP contribution in [0.2, 0.25) is 0 Å². The van der Waals surface area contributed by atoms with Crippen molar-refractivity contribution >= 4 is 23.0 Å². The molecule has 0 aliphatic rings. The summed E-state index contributed by atoms with van der Waals surface area (Å²) in [5.41, 5.74) is 3.38. The fraction of sp³-hybridized carbons (Fsp3) is 0.231. The Bertz CT molecular complexity index is 530. The molecule has 0 spiro atoms. The first-order valence-corrected chi connectivity index (χ1v) is 6.15. The highest BCUT2D eigenvalue weighted by atomic mass is 32.1. The summed E-state index contributed by atoms with van der Waals surface area (Å²) in [5, 5.41) is 10.8. The van der Waals surface area contributed by atoms with Gasteiger partial charge in [0.25, 0.3) is 0 Å². The molecule has 0 aliphatic heterocycles. The zero-order chi connectivity index (χ0) is 13.0. The normalized spacial score (nSPS) is 10.1. The zero-order valence-corrected chi connectivity index (χ0v) is 11.3. The molecule has 2 aromatic rings. The number of nitrogens with one attached hydrogen (secondary N) is 2. The van der Waals surface area contributed by atoms with Gasteiger partial charge in [-0.1, -0.05) is 29.8 Å². The molecule has 1 heterocycles. The second-order valence-electron chi connectivity index (χ2n) is 4.12. The van der Waals surface area contributed by atoms with E-state index < -0.39 is 0 Å². The molecule has 0 aliphatic carbocycles. The Kier molecular flexibility index (Phi) is 3.94. The number of benzene rings is 1. The van der Waals surface area contributed by atoms with Gasteiger partial charge in [-0.05, 0) is 24.7 Å². The first-order valence-electron chi connectivity index (χ1n) is 5.74. The van der Waals surface area contributed by atoms with Crippen LogP contribution >= 0.6 is 12.2 Å². The van der Waals surface area contributed by atoms with E-state index in [0.717, 1.165) is 12.2 Å². The number of nitrogens with zero attached hydrogens (tertiary/aromatic N) is 2. The number of hydrogen-bond acceptors (Lipinski definition) is 2. The fourth-order valence-corrected chi connectivity index (χ4v) is 1.71. The summed E-state index contributed by atoms with van der Waals surface area (Å²) in [6.07, 6.45) is 3.70. The van der Waals surface area contributed by atoms with E-state index in [1.54, 1.807) is 13.2 Å². The number of anilines is 1. The lowest BCUT2D eigenvalue weighted by atomic mass is 10.1. The van der Waals surface area contributed by atoms with Gasteiger partial charge in [-0.3, -0.25) is 4.68 Å². The van der Waals surface area contributed by atoms with Crippen molar-refractivity contribution in [1.82, 2.24) is 15.1 Å². The average Bonchev–Trinajstić information content (AvgIpc) is 2.79. The van der Waals surface area contributed by atoms with Crippen LogP contribution in [0.3, 0.4) is 0 Å². The van der Waals surface area contributed by atoms with Crippen molar-refractivity contribution in [3.8, 4) is 0 Å². The predicted octanol–water partition coefficient (Wildman–Crippen LogP) is 2.16. The van der Waals surface area contributed by atoms with Gasteiger partial charge in [-0.25, -0.2) is 0 Å². The number of aromatic nitrogens is 2. The Morgan fingerprint density at radius 1 is 1.33 bits per heavy atom. The van der Waals surface area contributed by atoms with Gasteiger partial charge in [-0.2, -0.15) is 5.10 Å². The van der Waals surface area contributed by atoms with Gasteiger partial charge in [0.15, 0.2) is 5.11 Å². The lowest BCUT2D eigenvalue weighted by Gasteiger charge is -2.04. The Morgan fingerprint density at radius 2 is 2.06 bits per heavy atom. The maximum Gasteiger partial charge on any atom is 0.170 e. The summed E-state index contributed by atoms with van der Waals surface area (Å²) in [6, 6.07) is 8.44. The van der Waals surface area contributed by atoms with E-state index in [1.165, 1.54) is 11.1 Å². The zero-order valence-electron chi connectivity index (χ0n) is 10.5. The van der Waals surface area contributed by atoms with Crippen molar-refractivity contribution in [2.24, 2.45) is 0 Å². The molecule has 0 radical (unpaired) electrons. The van der Waals surface area contributed by atoms with E-state index in [4.69, 9.17) is 12.2 Å². The van der Waals surface area contributed by atoms with Gasteiger partial charge in [0.05, 0.1) is 18.4 Å². The van der Waals surface area contributed by atoms with Gasteiger partial charge in [0, 0.05) is 13.2 Å². The largest absolute Gasteiger partial charge is 0.366 e. The highest BCUT2D eigenvalue weighted by molar-refractivity contribution is 7.80. The van der Waals surface area contributed by atoms with Gasteiger partial charge < -0.3 is 10.6 Å². The average molecular weight is 260 g/mol. The van der Waals surface area contributed by atoms with E-state index >= 15 is 0 Å². The quantitative estimate of drug-likeness (QED) is 0.830. The van der Waals surface area contributed by atoms with Crippen molar-refractivity contribution in [1.29, 1.82) is 0 Å². The molecule has 1 aromatic heterocycles. The maximum atomic E-state index is 5.03. The third-order valence-electron chi connectivity index (χ3n) is 2.58. The van der Waals surface area contributed by atoms with Crippen LogP contribution in [0.4, 0.5) is 5.69 Å². The van der Waals surface area contributed by atoms with Crippen molar-refractivity contribution in [2.45, 2.75) is 13.5 Å². The third-order valence-corrected chi connectivity index (χ3v) is 2.89. The number of aryl methyl sites for hydroxylation is 1. The van der Waals surface area contributed by atoms with Crippen LogP contribution in [-0.2, 0) is 6.54 Å². The molecular formula is C13H16N4S. The Morgan fingerprint density at radius 3 is 2.72 bits per heavy atom. The van der Waals surface area contributed by atoms with Crippen LogP contribution in [0.1, 0.15) is 11.1 Å². The van der Waals surface area contributed by atoms with Crippen molar-refractivity contribution in [3.63, 3.8) is 0 Å². The lowest BCUT2D eigenvalue weighted by molar-refractivity contribution is 0.687. The molecule has 18 heavy (non-hydrogen) atoms. The van der Waals surface area contributed by atoms with E-state index in [2.05, 4.69) is 46.9 Å². The first kappa shape index (κ1) is 12.6. The van der Waals surface area contributed by atoms with Crippen LogP contribution in [0, 0.1) is 6.92 Å². The Balaban J connectivity index is 2.02. The third kappa shape index (κ3) is 3.30. The minimum atomic E-state index is 0.588. The molecule has 0 fully saturated rings. The van der Waals surface area contributed by atoms with Crippen LogP contribution < -0.4 is 10.6 Å². The topological polar surface area (TPSA) is 41.9 Å². The SMILES string of the molecule is CNC(=S)Nc1cnn(Cc2ccc(C)cc2)c1. The monoisotopic (exact) mass is 260 g/mol. The summed E-state index contributed by atoms with van der Waals surface area (Å²) in [4.78, 5) is 0. The maximum absolute atomic E-state index is 5.03. The van der Waals surface area contributed by atoms with E-state index in [0.29, 0.717) is 5.11 Å². The molecule has 0 unspecified atom stereocenters. The van der Waals surface area contributed by atoms with E-state index in [9.17, 15) is 0 Å². The first-order chi connectivity index (χ1) is 8.67. The highest BCUT2D eigenvalue weighted by Crippen LogP contribution is 2.08. The smallest absolute Gasteiger partial charge is 0.170 e. The van der Waals surface area contributed by atoms with Crippen LogP contribution in [0.25, 0.3) is 0 Å². The standard InChI is InChI=1S/C13H16N4S/c1-10-3-5-11(6-4-10)8-17-9-12(7-15-17)16-13(18)14-2/h3-7,9H,8H2,1-2H3,(H2,14,16,18). The number of thiocarbonyl (C=S) groups is 1. The van der Waals surface area contributed by atoms with Crippen LogP contribution in [-0.4, -0.2) is 21.9 Å². The minimum absolute atomic E-state index is 0.588. The van der Waals surface area contributed by atoms with Crippen molar-refractivity contribution < 1.29 is 0 Å². The summed E-state index contributed by atoms with van der Waals surface area (Å²) >= 11 is 5.03. The molecule has 0 bridgehead atoms. The molecule has 94 valence electrons. The second-order valence-corrected chi connectivity index (χ2v) is 4.52. The molecule has 5 heteroatoms. The highest BCUT2D eigenvalue weighted by Gasteiger charge is 2.00. The van der Waals surface area contributed by atoms with Crippen LogP contribution in [0.15, 0.2) is 36.7 Å². The van der Waals surface area contributed by atoms with Gasteiger partial charge >= 0.3 is 0 Å². The second kappa shape index (κ2) is 5.64. The summed E-state index contributed by atoms with van der Waals surface area (Å²) in [6.45, 7) is 2.84. The molecule has 0 amide bonds. The lowest BCUT2D eigenvalue weighted by Crippen LogP contribution is -2.23. The van der Waals surface area contributed by atoms with Gasteiger partial charge in [0.1, 0.15) is 0 Å². The van der Waals surface area contributed by atoms with Crippen molar-refractivity contribution in [2.75, 3.05) is 12.4 Å². The van der Waals surface area contributed by atoms with Crippen LogP contribution in [0.5, 0.6) is 0 Å². The molecule has 0 saturated carbocycles. The number of rotatable bonds is 3. The molecule has 2 rings (SSSR count). The fourth-order valence-electron chi connectivity index (χ4n) is 1.59. The van der Waals surface area contributed by atoms with E-state index in [-0.39, 0.29) is 0 Å². The number of hydrogen-bond donors (Lipinski definition) is 2. The van der Waals surface area contributed by atoms with Gasteiger partial charge in [-0.15, -0.1) is 0 Å². The molecule has 4 nitrogen and oxygen atoms in total. The van der Waals surface area contributed by atoms with Crippen molar-refractivity contribution in [3.05, 3.63) is 47.8 Å². The molecule has 0 saturated heterocycles. The summed E-state index contributed by atoms with van der Waals surface area (Å²) in [5.74, 6) is 0. The van der Waals surface area contributed by atoms with Gasteiger partial charge in [0.2, 0.25) is 0 Å². The summed E-state index contributed by atoms with van der Waals surface area (Å²) < 4.78 is 1.88. The molecule has 1 aromatic carbocycles. The molecule has 2 N–H and O–H groups in total. The predicted molar refractivity (Wildman–Crippen MR) is 77.8 cm³/mol. The Labute approximate surface area is 112 Å². The molecular weight excluding hydrogens is 244 g/mol. The Hall–Kier alpha value is -1.88. The summed E-state index contributed by atoms with van der Waals surface area (Å²) in [7, 11) is 1.78.